The van der Waals surface area contributed by atoms with Gasteiger partial charge in [0.2, 0.25) is 0 Å². The molecule has 0 atom stereocenters. The first-order valence-electron chi connectivity index (χ1n) is 36.0. The normalized spacial score (nSPS) is 10.9. The molecule has 16 rings (SSSR count). The van der Waals surface area contributed by atoms with Crippen molar-refractivity contribution in [1.29, 1.82) is 0 Å². The number of pyridine rings is 4. The molecule has 0 radical (unpaired) electrons. The number of rotatable bonds is 16. The third-order valence-electron chi connectivity index (χ3n) is 18.1. The molecule has 0 saturated carbocycles. The highest BCUT2D eigenvalue weighted by atomic mass is 19.1. The van der Waals surface area contributed by atoms with Crippen LogP contribution in [-0.2, 0) is 45.1 Å². The van der Waals surface area contributed by atoms with Gasteiger partial charge in [-0.25, -0.2) is 76.6 Å². The lowest BCUT2D eigenvalue weighted by Crippen LogP contribution is -2.28. The number of halogens is 4. The van der Waals surface area contributed by atoms with Gasteiger partial charge >= 0.3 is 24.4 Å². The van der Waals surface area contributed by atoms with E-state index in [4.69, 9.17) is 45.9 Å². The molecule has 0 fully saturated rings. The number of fused-ring (bicyclic) bond motifs is 4. The van der Waals surface area contributed by atoms with Crippen molar-refractivity contribution in [1.82, 2.24) is 98.9 Å². The van der Waals surface area contributed by atoms with E-state index in [2.05, 4.69) is 110 Å². The van der Waals surface area contributed by atoms with E-state index in [1.165, 1.54) is 85.5 Å². The molecular weight excluding hydrogens is 1590 g/mol. The molecule has 0 aliphatic heterocycles. The molecule has 122 heavy (non-hydrogen) atoms. The van der Waals surface area contributed by atoms with Crippen molar-refractivity contribution in [3.63, 3.8) is 0 Å². The first-order chi connectivity index (χ1) is 58.7. The fraction of sp³-hybridized carbons (Fsp3) is 0.128. The maximum atomic E-state index is 14.7. The Bertz CT molecular complexity index is 6120. The van der Waals surface area contributed by atoms with Crippen LogP contribution < -0.4 is 66.3 Å². The minimum atomic E-state index is -0.767. The number of carbonyl (C=O) groups is 4. The van der Waals surface area contributed by atoms with Crippen molar-refractivity contribution in [2.45, 2.75) is 26.2 Å². The minimum Gasteiger partial charge on any atom is -0.453 e. The van der Waals surface area contributed by atoms with E-state index in [1.807, 2.05) is 36.4 Å². The fourth-order valence-corrected chi connectivity index (χ4v) is 12.6. The number of nitrogens with one attached hydrogen (secondary N) is 2. The van der Waals surface area contributed by atoms with Gasteiger partial charge in [0.05, 0.1) is 66.0 Å². The van der Waals surface area contributed by atoms with Crippen molar-refractivity contribution >= 4 is 137 Å². The number of methoxy groups -OCH3 is 4. The van der Waals surface area contributed by atoms with Gasteiger partial charge in [0.25, 0.3) is 0 Å². The summed E-state index contributed by atoms with van der Waals surface area (Å²) in [6.07, 6.45) is 7.07. The molecule has 18 N–H and O–H groups in total. The average Bonchev–Trinajstić information content (AvgIpc) is 1.62. The van der Waals surface area contributed by atoms with Gasteiger partial charge in [-0.15, -0.1) is 0 Å². The molecule has 16 aromatic rings. The summed E-state index contributed by atoms with van der Waals surface area (Å²) in [7, 11) is 7.73. The lowest BCUT2D eigenvalue weighted by atomic mass is 10.2. The Balaban J connectivity index is 0.000000140. The molecule has 0 unspecified atom stereocenters. The Morgan fingerprint density at radius 3 is 0.893 bits per heavy atom. The van der Waals surface area contributed by atoms with E-state index in [0.717, 1.165) is 20.9 Å². The lowest BCUT2D eigenvalue weighted by molar-refractivity contribution is 0.179. The number of ether oxygens (including phenoxy) is 4. The number of hydrogen-bond acceptors (Lipinski definition) is 32. The summed E-state index contributed by atoms with van der Waals surface area (Å²) in [5.41, 5.74) is 53.7. The van der Waals surface area contributed by atoms with Gasteiger partial charge in [0, 0.05) is 72.8 Å². The zero-order valence-corrected chi connectivity index (χ0v) is 65.2. The Labute approximate surface area is 686 Å². The van der Waals surface area contributed by atoms with E-state index in [9.17, 15) is 36.7 Å². The maximum absolute atomic E-state index is 14.7. The highest BCUT2D eigenvalue weighted by Crippen LogP contribution is 2.39. The monoisotopic (exact) mass is 1660 g/mol. The molecule has 44 heteroatoms. The first-order valence-corrected chi connectivity index (χ1v) is 36.0. The average molecular weight is 1660 g/mol. The van der Waals surface area contributed by atoms with Crippen LogP contribution in [0.25, 0.3) is 89.7 Å². The van der Waals surface area contributed by atoms with Crippen molar-refractivity contribution < 1.29 is 55.7 Å². The topological polar surface area (TPSA) is 570 Å². The molecule has 620 valence electrons. The number of para-hydroxylation sites is 4. The fourth-order valence-electron chi connectivity index (χ4n) is 12.6. The number of nitrogen functional groups attached to an aromatic ring is 8. The summed E-state index contributed by atoms with van der Waals surface area (Å²) in [6.45, 7) is 1.06. The number of carbonyl (C=O) groups excluding carboxylic acids is 4. The second kappa shape index (κ2) is 36.0. The molecule has 12 aromatic heterocycles. The first kappa shape index (κ1) is 82.8. The molecule has 0 bridgehead atoms. The van der Waals surface area contributed by atoms with Crippen LogP contribution >= 0.6 is 0 Å². The molecule has 4 aromatic carbocycles. The number of amides is 4. The van der Waals surface area contributed by atoms with Crippen LogP contribution in [0.4, 0.5) is 106 Å². The summed E-state index contributed by atoms with van der Waals surface area (Å²) >= 11 is 0. The van der Waals surface area contributed by atoms with Crippen LogP contribution in [0, 0.1) is 23.3 Å². The number of aromatic nitrogens is 20. The summed E-state index contributed by atoms with van der Waals surface area (Å²) < 4.78 is 83.1. The van der Waals surface area contributed by atoms with Crippen molar-refractivity contribution in [3.05, 3.63) is 216 Å². The van der Waals surface area contributed by atoms with Gasteiger partial charge in [-0.05, 0) is 71.8 Å². The van der Waals surface area contributed by atoms with Crippen LogP contribution in [0.2, 0.25) is 0 Å². The number of nitrogens with zero attached hydrogens (tertiary/aromatic N) is 22. The summed E-state index contributed by atoms with van der Waals surface area (Å²) in [5, 5.41) is 24.7. The Morgan fingerprint density at radius 2 is 0.639 bits per heavy atom. The van der Waals surface area contributed by atoms with Gasteiger partial charge in [-0.3, -0.25) is 59.1 Å². The highest BCUT2D eigenvalue weighted by Gasteiger charge is 2.29. The second-order valence-electron chi connectivity index (χ2n) is 25.9. The molecule has 4 amide bonds. The zero-order valence-electron chi connectivity index (χ0n) is 65.2. The van der Waals surface area contributed by atoms with E-state index in [1.54, 1.807) is 110 Å². The Morgan fingerprint density at radius 1 is 0.352 bits per heavy atom. The predicted octanol–water partition coefficient (Wildman–Crippen LogP) is 9.72. The van der Waals surface area contributed by atoms with E-state index in [-0.39, 0.29) is 134 Å². The standard InChI is InChI=1S/2C20H19FN8O2.2C19H17FN8O2/c1-28(20(30)31-2)16-17(22)25-19(26-18(16)23)14-12-6-3-7-13(21)15(12)29(27-14)10-11-5-4-8-24-9-11;1-28(20(30)31-2)16-17(22)25-19(26-18(16)23)14-12-7-5-8-13(21)15(12)29(27-14)10-11-6-3-4-9-24-11;1-30-19(29)24-14-16(21)25-18(26-17(14)22)13-11-5-2-6-12(20)15(11)28(27-13)9-10-4-3-7-23-8-10;1-30-19(29)24-14-16(21)25-18(26-17(14)22)13-11-6-4-7-12(20)15(11)28(27-13)9-10-5-2-3-8-23-10/h2*3-9H,10H2,1-2H3,(H4,22,23,25,26);2*2-8H,9H2,1H3,(H,24,29)(H4,21,22,25,26). The van der Waals surface area contributed by atoms with Gasteiger partial charge in [0.15, 0.2) is 69.8 Å². The number of nitrogens with two attached hydrogens (primary N) is 8. The van der Waals surface area contributed by atoms with Crippen LogP contribution in [0.1, 0.15) is 22.5 Å². The molecule has 12 heterocycles. The molecule has 0 aliphatic rings. The number of benzene rings is 4. The summed E-state index contributed by atoms with van der Waals surface area (Å²) in [4.78, 5) is 99.4. The van der Waals surface area contributed by atoms with Gasteiger partial charge in [-0.2, -0.15) is 20.4 Å². The van der Waals surface area contributed by atoms with Gasteiger partial charge in [-0.1, -0.05) is 72.8 Å². The van der Waals surface area contributed by atoms with E-state index in [0.29, 0.717) is 62.3 Å². The van der Waals surface area contributed by atoms with Crippen LogP contribution in [0.5, 0.6) is 0 Å². The maximum Gasteiger partial charge on any atom is 0.413 e. The Kier molecular flexibility index (Phi) is 24.4. The molecular formula is C78H72F4N32O8. The third-order valence-corrected chi connectivity index (χ3v) is 18.1. The quantitative estimate of drug-likeness (QED) is 0.0317. The smallest absolute Gasteiger partial charge is 0.413 e. The van der Waals surface area contributed by atoms with Gasteiger partial charge < -0.3 is 64.8 Å². The molecule has 0 spiro atoms. The zero-order chi connectivity index (χ0) is 86.7. The SMILES string of the molecule is COC(=O)N(C)c1c(N)nc(-c2nn(Cc3ccccn3)c3c(F)cccc23)nc1N.COC(=O)N(C)c1c(N)nc(-c2nn(Cc3cccnc3)c3c(F)cccc23)nc1N.COC(=O)Nc1c(N)nc(-c2nn(Cc3ccccn3)c3c(F)cccc23)nc1N.COC(=O)Nc1c(N)nc(-c2nn(Cc3cccnc3)c3c(F)cccc23)nc1N. The van der Waals surface area contributed by atoms with Crippen molar-refractivity contribution in [3.8, 4) is 46.1 Å². The number of hydrogen-bond donors (Lipinski definition) is 10. The molecule has 0 aliphatic carbocycles. The van der Waals surface area contributed by atoms with Crippen molar-refractivity contribution in [2.24, 2.45) is 0 Å². The van der Waals surface area contributed by atoms with E-state index < -0.39 is 47.6 Å². The van der Waals surface area contributed by atoms with Crippen LogP contribution in [0.3, 0.4) is 0 Å². The van der Waals surface area contributed by atoms with Crippen LogP contribution in [-0.4, -0.2) is 166 Å². The minimum absolute atomic E-state index is 0.0222. The molecule has 0 saturated heterocycles. The van der Waals surface area contributed by atoms with Crippen molar-refractivity contribution in [2.75, 3.05) is 109 Å². The van der Waals surface area contributed by atoms with Crippen LogP contribution in [0.15, 0.2) is 171 Å². The second-order valence-corrected chi connectivity index (χ2v) is 25.9. The summed E-state index contributed by atoms with van der Waals surface area (Å²) in [6, 6.07) is 36.7. The summed E-state index contributed by atoms with van der Waals surface area (Å²) in [5.74, 6) is -1.85. The Hall–Kier alpha value is -17.1. The lowest BCUT2D eigenvalue weighted by Gasteiger charge is -2.18. The predicted molar refractivity (Wildman–Crippen MR) is 445 cm³/mol. The highest BCUT2D eigenvalue weighted by molar-refractivity contribution is 6.01. The third kappa shape index (κ3) is 17.5. The van der Waals surface area contributed by atoms with Gasteiger partial charge in [0.1, 0.15) is 90.9 Å². The molecule has 40 nitrogen and oxygen atoms in total. The largest absolute Gasteiger partial charge is 0.453 e. The van der Waals surface area contributed by atoms with E-state index >= 15 is 0 Å². The number of anilines is 12.